The highest BCUT2D eigenvalue weighted by Gasteiger charge is 2.24. The van der Waals surface area contributed by atoms with Gasteiger partial charge in [-0.15, -0.1) is 0 Å². The van der Waals surface area contributed by atoms with Gasteiger partial charge in [0.25, 0.3) is 0 Å². The maximum atomic E-state index is 12.0. The van der Waals surface area contributed by atoms with E-state index in [1.54, 1.807) is 14.0 Å². The van der Waals surface area contributed by atoms with Crippen molar-refractivity contribution in [3.63, 3.8) is 0 Å². The molecule has 9 nitrogen and oxygen atoms in total. The van der Waals surface area contributed by atoms with Crippen molar-refractivity contribution in [3.8, 4) is 0 Å². The molecule has 0 spiro atoms. The summed E-state index contributed by atoms with van der Waals surface area (Å²) in [5.41, 5.74) is -1.14. The van der Waals surface area contributed by atoms with Gasteiger partial charge in [0.05, 0.1) is 17.8 Å². The smallest absolute Gasteiger partial charge is 0.408 e. The Kier molecular flexibility index (Phi) is 10.8. The standard InChI is InChI=1S/C18H39N5O4S/c1-9-19-15(20-12-11-13-23(8)28(25,26)10-2)21-14-18(6,7)22-16(24)27-17(3,4)5/h9-14H2,1-8H3,(H,22,24)(H2,19,20,21). The van der Waals surface area contributed by atoms with Gasteiger partial charge in [-0.25, -0.2) is 17.5 Å². The van der Waals surface area contributed by atoms with Gasteiger partial charge in [-0.05, 0) is 54.9 Å². The summed E-state index contributed by atoms with van der Waals surface area (Å²) in [6.07, 6.45) is 0.172. The first-order chi connectivity index (χ1) is 12.7. The van der Waals surface area contributed by atoms with Gasteiger partial charge in [0.2, 0.25) is 10.0 Å². The normalized spacial score (nSPS) is 13.4. The molecule has 0 aromatic carbocycles. The zero-order valence-electron chi connectivity index (χ0n) is 18.7. The summed E-state index contributed by atoms with van der Waals surface area (Å²) < 4.78 is 30.1. The van der Waals surface area contributed by atoms with Crippen LogP contribution in [-0.2, 0) is 14.8 Å². The Morgan fingerprint density at radius 1 is 1.11 bits per heavy atom. The van der Waals surface area contributed by atoms with E-state index in [1.807, 2.05) is 41.5 Å². The molecule has 0 aromatic rings. The Labute approximate surface area is 170 Å². The Balaban J connectivity index is 4.61. The van der Waals surface area contributed by atoms with Gasteiger partial charge in [0, 0.05) is 26.7 Å². The average molecular weight is 422 g/mol. The van der Waals surface area contributed by atoms with E-state index >= 15 is 0 Å². The summed E-state index contributed by atoms with van der Waals surface area (Å²) in [5.74, 6) is 0.711. The van der Waals surface area contributed by atoms with E-state index in [4.69, 9.17) is 4.74 Å². The molecule has 0 aliphatic carbocycles. The summed E-state index contributed by atoms with van der Waals surface area (Å²) in [6, 6.07) is 0. The minimum atomic E-state index is -3.16. The van der Waals surface area contributed by atoms with Crippen LogP contribution in [0.5, 0.6) is 0 Å². The maximum absolute atomic E-state index is 12.0. The number of amides is 1. The van der Waals surface area contributed by atoms with Crippen LogP contribution in [0.15, 0.2) is 4.99 Å². The summed E-state index contributed by atoms with van der Waals surface area (Å²) in [5, 5.41) is 9.14. The number of hydrogen-bond donors (Lipinski definition) is 3. The highest BCUT2D eigenvalue weighted by atomic mass is 32.2. The summed E-state index contributed by atoms with van der Waals surface area (Å²) in [7, 11) is -1.57. The van der Waals surface area contributed by atoms with Crippen molar-refractivity contribution in [2.45, 2.75) is 66.0 Å². The summed E-state index contributed by atoms with van der Waals surface area (Å²) in [4.78, 5) is 16.5. The predicted molar refractivity (Wildman–Crippen MR) is 114 cm³/mol. The second kappa shape index (κ2) is 11.5. The molecule has 0 saturated carbocycles. The monoisotopic (exact) mass is 421 g/mol. The van der Waals surface area contributed by atoms with Crippen LogP contribution >= 0.6 is 0 Å². The molecular formula is C18H39N5O4S. The van der Waals surface area contributed by atoms with E-state index in [2.05, 4.69) is 20.9 Å². The van der Waals surface area contributed by atoms with E-state index < -0.39 is 27.3 Å². The number of aliphatic imine (C=N–C) groups is 1. The lowest BCUT2D eigenvalue weighted by molar-refractivity contribution is 0.0476. The first-order valence-electron chi connectivity index (χ1n) is 9.70. The Bertz CT molecular complexity index is 612. The van der Waals surface area contributed by atoms with Gasteiger partial charge >= 0.3 is 6.09 Å². The van der Waals surface area contributed by atoms with Crippen LogP contribution in [-0.4, -0.2) is 74.9 Å². The van der Waals surface area contributed by atoms with E-state index in [9.17, 15) is 13.2 Å². The Morgan fingerprint density at radius 3 is 2.21 bits per heavy atom. The number of carbonyl (C=O) groups is 1. The van der Waals surface area contributed by atoms with Crippen molar-refractivity contribution >= 4 is 22.1 Å². The molecule has 0 atom stereocenters. The van der Waals surface area contributed by atoms with Crippen molar-refractivity contribution in [1.82, 2.24) is 20.3 Å². The largest absolute Gasteiger partial charge is 0.444 e. The van der Waals surface area contributed by atoms with Crippen molar-refractivity contribution < 1.29 is 17.9 Å². The van der Waals surface area contributed by atoms with Gasteiger partial charge in [-0.2, -0.15) is 0 Å². The molecule has 0 fully saturated rings. The first-order valence-corrected chi connectivity index (χ1v) is 11.3. The lowest BCUT2D eigenvalue weighted by Gasteiger charge is -2.27. The zero-order chi connectivity index (χ0) is 22.0. The van der Waals surface area contributed by atoms with E-state index in [0.29, 0.717) is 38.6 Å². The second-order valence-electron chi connectivity index (χ2n) is 8.21. The fraction of sp³-hybridized carbons (Fsp3) is 0.889. The van der Waals surface area contributed by atoms with Crippen molar-refractivity contribution in [3.05, 3.63) is 0 Å². The highest BCUT2D eigenvalue weighted by Crippen LogP contribution is 2.09. The molecular weight excluding hydrogens is 382 g/mol. The Morgan fingerprint density at radius 2 is 1.71 bits per heavy atom. The summed E-state index contributed by atoms with van der Waals surface area (Å²) in [6.45, 7) is 14.8. The molecule has 0 aliphatic rings. The number of ether oxygens (including phenoxy) is 1. The molecule has 0 heterocycles. The van der Waals surface area contributed by atoms with Crippen LogP contribution < -0.4 is 16.0 Å². The number of nitrogens with zero attached hydrogens (tertiary/aromatic N) is 2. The highest BCUT2D eigenvalue weighted by molar-refractivity contribution is 7.89. The number of guanidine groups is 1. The van der Waals surface area contributed by atoms with Gasteiger partial charge in [0.1, 0.15) is 5.60 Å². The predicted octanol–water partition coefficient (Wildman–Crippen LogP) is 1.52. The minimum absolute atomic E-state index is 0.0980. The van der Waals surface area contributed by atoms with Crippen LogP contribution in [0.2, 0.25) is 0 Å². The number of alkyl carbamates (subject to hydrolysis) is 1. The fourth-order valence-corrected chi connectivity index (χ4v) is 2.95. The molecule has 0 bridgehead atoms. The van der Waals surface area contributed by atoms with Crippen LogP contribution in [0.25, 0.3) is 0 Å². The third kappa shape index (κ3) is 12.0. The molecule has 0 unspecified atom stereocenters. The van der Waals surface area contributed by atoms with Crippen LogP contribution in [0.1, 0.15) is 54.9 Å². The molecule has 166 valence electrons. The lowest BCUT2D eigenvalue weighted by Crippen LogP contribution is -2.49. The number of carbonyl (C=O) groups excluding carboxylic acids is 1. The van der Waals surface area contributed by atoms with E-state index in [1.165, 1.54) is 4.31 Å². The number of hydrogen-bond acceptors (Lipinski definition) is 5. The third-order valence-electron chi connectivity index (χ3n) is 3.60. The van der Waals surface area contributed by atoms with Crippen molar-refractivity contribution in [2.75, 3.05) is 39.0 Å². The molecule has 28 heavy (non-hydrogen) atoms. The maximum Gasteiger partial charge on any atom is 0.408 e. The van der Waals surface area contributed by atoms with Crippen LogP contribution in [0.3, 0.4) is 0 Å². The first kappa shape index (κ1) is 26.4. The van der Waals surface area contributed by atoms with Gasteiger partial charge in [-0.3, -0.25) is 4.99 Å². The topological polar surface area (TPSA) is 112 Å². The SMILES string of the molecule is CCNC(=NCC(C)(C)NC(=O)OC(C)(C)C)NCCCN(C)S(=O)(=O)CC. The molecule has 1 amide bonds. The van der Waals surface area contributed by atoms with Crippen molar-refractivity contribution in [1.29, 1.82) is 0 Å². The molecule has 0 radical (unpaired) electrons. The number of rotatable bonds is 10. The van der Waals surface area contributed by atoms with E-state index in [-0.39, 0.29) is 5.75 Å². The summed E-state index contributed by atoms with van der Waals surface area (Å²) >= 11 is 0. The fourth-order valence-electron chi connectivity index (χ4n) is 2.11. The zero-order valence-corrected chi connectivity index (χ0v) is 19.5. The van der Waals surface area contributed by atoms with Crippen LogP contribution in [0, 0.1) is 0 Å². The lowest BCUT2D eigenvalue weighted by atomic mass is 10.1. The quantitative estimate of drug-likeness (QED) is 0.280. The third-order valence-corrected chi connectivity index (χ3v) is 5.46. The van der Waals surface area contributed by atoms with Gasteiger partial charge in [0.15, 0.2) is 5.96 Å². The van der Waals surface area contributed by atoms with Gasteiger partial charge in [-0.1, -0.05) is 0 Å². The molecule has 0 aliphatic heterocycles. The molecule has 10 heteroatoms. The van der Waals surface area contributed by atoms with Gasteiger partial charge < -0.3 is 20.7 Å². The number of sulfonamides is 1. The van der Waals surface area contributed by atoms with Crippen molar-refractivity contribution in [2.24, 2.45) is 4.99 Å². The number of nitrogens with one attached hydrogen (secondary N) is 3. The molecule has 0 rings (SSSR count). The molecule has 0 saturated heterocycles. The van der Waals surface area contributed by atoms with E-state index in [0.717, 1.165) is 0 Å². The minimum Gasteiger partial charge on any atom is -0.444 e. The average Bonchev–Trinajstić information content (AvgIpc) is 2.53. The molecule has 0 aromatic heterocycles. The second-order valence-corrected chi connectivity index (χ2v) is 10.6. The Hall–Kier alpha value is -1.55. The molecule has 3 N–H and O–H groups in total. The van der Waals surface area contributed by atoms with Crippen LogP contribution in [0.4, 0.5) is 4.79 Å².